The summed E-state index contributed by atoms with van der Waals surface area (Å²) in [6.07, 6.45) is 0.324. The number of amides is 4. The standard InChI is InChI=1S/C19H22N4O5/c1-28-9-8-23-16(25)14-12(6-7-13(20)24)22-19(15(14)17(23)26)10-4-2-3-5-11(10)21-18(19)27/h2-5,12,14-15,22H,6-9H2,1H3,(H2,20,24)(H,21,27)/t12-,14-,15+,19-/m1/s1. The van der Waals surface area contributed by atoms with Crippen LogP contribution in [0.25, 0.3) is 0 Å². The third kappa shape index (κ3) is 2.46. The lowest BCUT2D eigenvalue weighted by molar-refractivity contribution is -0.143. The zero-order valence-electron chi connectivity index (χ0n) is 15.4. The summed E-state index contributed by atoms with van der Waals surface area (Å²) in [5, 5.41) is 6.07. The van der Waals surface area contributed by atoms with Crippen LogP contribution in [0.15, 0.2) is 24.3 Å². The molecule has 4 amide bonds. The Morgan fingerprint density at radius 3 is 2.71 bits per heavy atom. The number of likely N-dealkylation sites (tertiary alicyclic amines) is 1. The van der Waals surface area contributed by atoms with Crippen LogP contribution in [0.4, 0.5) is 5.69 Å². The number of carbonyl (C=O) groups excluding carboxylic acids is 4. The van der Waals surface area contributed by atoms with E-state index in [1.165, 1.54) is 12.0 Å². The average molecular weight is 386 g/mol. The molecular formula is C19H22N4O5. The number of ether oxygens (including phenoxy) is 1. The summed E-state index contributed by atoms with van der Waals surface area (Å²) < 4.78 is 5.02. The van der Waals surface area contributed by atoms with Crippen LogP contribution in [0, 0.1) is 11.8 Å². The van der Waals surface area contributed by atoms with Gasteiger partial charge in [0, 0.05) is 30.8 Å². The minimum Gasteiger partial charge on any atom is -0.383 e. The lowest BCUT2D eigenvalue weighted by Crippen LogP contribution is -2.53. The summed E-state index contributed by atoms with van der Waals surface area (Å²) in [6, 6.07) is 6.61. The number of benzene rings is 1. The van der Waals surface area contributed by atoms with Gasteiger partial charge in [-0.1, -0.05) is 18.2 Å². The van der Waals surface area contributed by atoms with Crippen molar-refractivity contribution in [3.05, 3.63) is 29.8 Å². The molecule has 148 valence electrons. The van der Waals surface area contributed by atoms with Gasteiger partial charge in [0.05, 0.1) is 25.0 Å². The topological polar surface area (TPSA) is 131 Å². The molecule has 0 aliphatic carbocycles. The second-order valence-electron chi connectivity index (χ2n) is 7.39. The Morgan fingerprint density at radius 1 is 1.25 bits per heavy atom. The van der Waals surface area contributed by atoms with Crippen molar-refractivity contribution in [2.24, 2.45) is 17.6 Å². The summed E-state index contributed by atoms with van der Waals surface area (Å²) in [6.45, 7) is 0.342. The molecule has 0 radical (unpaired) electrons. The fraction of sp³-hybridized carbons (Fsp3) is 0.474. The van der Waals surface area contributed by atoms with E-state index in [-0.39, 0.29) is 37.8 Å². The van der Waals surface area contributed by atoms with Gasteiger partial charge in [0.25, 0.3) is 0 Å². The van der Waals surface area contributed by atoms with Crippen LogP contribution < -0.4 is 16.4 Å². The number of primary amides is 1. The highest BCUT2D eigenvalue weighted by molar-refractivity contribution is 6.15. The normalized spacial score (nSPS) is 30.7. The van der Waals surface area contributed by atoms with Crippen LogP contribution >= 0.6 is 0 Å². The number of hydrogen-bond donors (Lipinski definition) is 3. The Bertz CT molecular complexity index is 872. The highest BCUT2D eigenvalue weighted by atomic mass is 16.5. The van der Waals surface area contributed by atoms with Crippen molar-refractivity contribution in [1.82, 2.24) is 10.2 Å². The van der Waals surface area contributed by atoms with Gasteiger partial charge >= 0.3 is 0 Å². The molecule has 2 saturated heterocycles. The SMILES string of the molecule is COCCN1C(=O)[C@H]2[C@@H](C1=O)[C@@]1(N[C@@H]2CCC(N)=O)C(=O)Nc2ccccc21. The molecule has 4 N–H and O–H groups in total. The smallest absolute Gasteiger partial charge is 0.250 e. The predicted octanol–water partition coefficient (Wildman–Crippen LogP) is -0.681. The van der Waals surface area contributed by atoms with Crippen LogP contribution in [-0.4, -0.2) is 54.8 Å². The summed E-state index contributed by atoms with van der Waals surface area (Å²) in [5.41, 5.74) is 5.21. The summed E-state index contributed by atoms with van der Waals surface area (Å²) >= 11 is 0. The van der Waals surface area contributed by atoms with E-state index in [4.69, 9.17) is 10.5 Å². The summed E-state index contributed by atoms with van der Waals surface area (Å²) in [5.74, 6) is -3.21. The Kier molecular flexibility index (Phi) is 4.43. The third-order valence-corrected chi connectivity index (χ3v) is 5.93. The molecule has 1 aromatic rings. The molecule has 9 heteroatoms. The molecule has 4 atom stereocenters. The highest BCUT2D eigenvalue weighted by Gasteiger charge is 2.70. The van der Waals surface area contributed by atoms with Crippen molar-refractivity contribution in [3.8, 4) is 0 Å². The first-order valence-electron chi connectivity index (χ1n) is 9.23. The van der Waals surface area contributed by atoms with Gasteiger partial charge in [-0.25, -0.2) is 0 Å². The van der Waals surface area contributed by atoms with Gasteiger partial charge in [-0.05, 0) is 12.5 Å². The van der Waals surface area contributed by atoms with Crippen molar-refractivity contribution in [3.63, 3.8) is 0 Å². The molecule has 0 saturated carbocycles. The van der Waals surface area contributed by atoms with E-state index < -0.39 is 35.2 Å². The average Bonchev–Trinajstić information content (AvgIpc) is 3.24. The number of fused-ring (bicyclic) bond motifs is 4. The molecule has 3 aliphatic heterocycles. The zero-order chi connectivity index (χ0) is 20.1. The monoisotopic (exact) mass is 386 g/mol. The number of rotatable bonds is 6. The van der Waals surface area contributed by atoms with E-state index >= 15 is 0 Å². The Balaban J connectivity index is 1.79. The second-order valence-corrected chi connectivity index (χ2v) is 7.39. The van der Waals surface area contributed by atoms with Crippen molar-refractivity contribution >= 4 is 29.3 Å². The summed E-state index contributed by atoms with van der Waals surface area (Å²) in [7, 11) is 1.49. The van der Waals surface area contributed by atoms with Crippen LogP contribution in [0.5, 0.6) is 0 Å². The van der Waals surface area contributed by atoms with Crippen LogP contribution in [0.1, 0.15) is 18.4 Å². The third-order valence-electron chi connectivity index (χ3n) is 5.93. The van der Waals surface area contributed by atoms with E-state index in [9.17, 15) is 19.2 Å². The number of para-hydroxylation sites is 1. The lowest BCUT2D eigenvalue weighted by atomic mass is 9.76. The lowest BCUT2D eigenvalue weighted by Gasteiger charge is -2.29. The Morgan fingerprint density at radius 2 is 2.00 bits per heavy atom. The Labute approximate surface area is 161 Å². The molecule has 0 aromatic heterocycles. The first kappa shape index (κ1) is 18.6. The molecule has 0 bridgehead atoms. The maximum absolute atomic E-state index is 13.2. The van der Waals surface area contributed by atoms with Crippen molar-refractivity contribution < 1.29 is 23.9 Å². The fourth-order valence-electron chi connectivity index (χ4n) is 4.77. The first-order valence-corrected chi connectivity index (χ1v) is 9.23. The van der Waals surface area contributed by atoms with E-state index in [1.54, 1.807) is 24.3 Å². The minimum atomic E-state index is -1.34. The minimum absolute atomic E-state index is 0.0553. The first-order chi connectivity index (χ1) is 13.4. The van der Waals surface area contributed by atoms with E-state index in [0.29, 0.717) is 11.3 Å². The van der Waals surface area contributed by atoms with Gasteiger partial charge in [-0.15, -0.1) is 0 Å². The molecule has 1 spiro atoms. The van der Waals surface area contributed by atoms with Gasteiger partial charge in [0.1, 0.15) is 5.54 Å². The fourth-order valence-corrected chi connectivity index (χ4v) is 4.77. The highest BCUT2D eigenvalue weighted by Crippen LogP contribution is 2.53. The number of hydrogen-bond acceptors (Lipinski definition) is 6. The molecular weight excluding hydrogens is 364 g/mol. The molecule has 0 unspecified atom stereocenters. The maximum atomic E-state index is 13.2. The van der Waals surface area contributed by atoms with E-state index in [1.807, 2.05) is 0 Å². The van der Waals surface area contributed by atoms with Crippen LogP contribution in [0.2, 0.25) is 0 Å². The number of anilines is 1. The summed E-state index contributed by atoms with van der Waals surface area (Å²) in [4.78, 5) is 51.9. The van der Waals surface area contributed by atoms with E-state index in [2.05, 4.69) is 10.6 Å². The quantitative estimate of drug-likeness (QED) is 0.555. The number of carbonyl (C=O) groups is 4. The van der Waals surface area contributed by atoms with Crippen LogP contribution in [-0.2, 0) is 29.5 Å². The van der Waals surface area contributed by atoms with E-state index in [0.717, 1.165) is 0 Å². The molecule has 9 nitrogen and oxygen atoms in total. The largest absolute Gasteiger partial charge is 0.383 e. The second kappa shape index (κ2) is 6.68. The van der Waals surface area contributed by atoms with Crippen LogP contribution in [0.3, 0.4) is 0 Å². The molecule has 3 heterocycles. The van der Waals surface area contributed by atoms with Gasteiger partial charge in [-0.2, -0.15) is 0 Å². The van der Waals surface area contributed by atoms with Crippen molar-refractivity contribution in [1.29, 1.82) is 0 Å². The molecule has 2 fully saturated rings. The van der Waals surface area contributed by atoms with Gasteiger partial charge in [0.15, 0.2) is 0 Å². The van der Waals surface area contributed by atoms with Crippen molar-refractivity contribution in [2.45, 2.75) is 24.4 Å². The molecule has 3 aliphatic rings. The number of nitrogens with zero attached hydrogens (tertiary/aromatic N) is 1. The van der Waals surface area contributed by atoms with Gasteiger partial charge in [0.2, 0.25) is 23.6 Å². The molecule has 4 rings (SSSR count). The molecule has 1 aromatic carbocycles. The number of methoxy groups -OCH3 is 1. The number of imide groups is 1. The van der Waals surface area contributed by atoms with Crippen molar-refractivity contribution in [2.75, 3.05) is 25.6 Å². The predicted molar refractivity (Wildman–Crippen MR) is 97.7 cm³/mol. The van der Waals surface area contributed by atoms with Gasteiger partial charge < -0.3 is 15.8 Å². The van der Waals surface area contributed by atoms with Gasteiger partial charge in [-0.3, -0.25) is 29.4 Å². The maximum Gasteiger partial charge on any atom is 0.250 e. The zero-order valence-corrected chi connectivity index (χ0v) is 15.4. The Hall–Kier alpha value is -2.78. The number of nitrogens with one attached hydrogen (secondary N) is 2. The number of nitrogens with two attached hydrogens (primary N) is 1. The molecule has 28 heavy (non-hydrogen) atoms.